The lowest BCUT2D eigenvalue weighted by atomic mass is 10.2. The van der Waals surface area contributed by atoms with Crippen molar-refractivity contribution in [2.75, 3.05) is 0 Å². The highest BCUT2D eigenvalue weighted by atomic mass is 32.1. The molecule has 0 saturated heterocycles. The minimum atomic E-state index is 0.970. The van der Waals surface area contributed by atoms with Gasteiger partial charge in [0.05, 0.1) is 12.0 Å². The summed E-state index contributed by atoms with van der Waals surface area (Å²) in [7, 11) is 0. The van der Waals surface area contributed by atoms with Crippen LogP contribution >= 0.6 is 11.3 Å². The van der Waals surface area contributed by atoms with E-state index in [4.69, 9.17) is 4.99 Å². The van der Waals surface area contributed by atoms with Gasteiger partial charge >= 0.3 is 0 Å². The summed E-state index contributed by atoms with van der Waals surface area (Å²) in [6.07, 6.45) is 6.75. The minimum Gasteiger partial charge on any atom is -0.337 e. The van der Waals surface area contributed by atoms with Gasteiger partial charge in [-0.3, -0.25) is 0 Å². The van der Waals surface area contributed by atoms with Gasteiger partial charge in [0, 0.05) is 36.6 Å². The molecule has 0 radical (unpaired) electrons. The maximum atomic E-state index is 4.84. The van der Waals surface area contributed by atoms with Gasteiger partial charge in [0.15, 0.2) is 4.80 Å². The Hall–Kier alpha value is -2.14. The minimum absolute atomic E-state index is 0.970. The summed E-state index contributed by atoms with van der Waals surface area (Å²) in [5, 5.41) is 2.17. The lowest BCUT2D eigenvalue weighted by Crippen LogP contribution is -2.17. The molecule has 0 aliphatic rings. The monoisotopic (exact) mass is 312 g/mol. The van der Waals surface area contributed by atoms with Gasteiger partial charge in [-0.2, -0.15) is 0 Å². The van der Waals surface area contributed by atoms with Gasteiger partial charge in [-0.25, -0.2) is 9.98 Å². The average molecular weight is 312 g/mol. The van der Waals surface area contributed by atoms with E-state index in [2.05, 4.69) is 45.5 Å². The van der Waals surface area contributed by atoms with Gasteiger partial charge in [0.25, 0.3) is 0 Å². The lowest BCUT2D eigenvalue weighted by molar-refractivity contribution is 0.548. The topological polar surface area (TPSA) is 35.1 Å². The molecule has 0 spiro atoms. The van der Waals surface area contributed by atoms with E-state index in [9.17, 15) is 0 Å². The predicted octanol–water partition coefficient (Wildman–Crippen LogP) is 3.69. The number of thiazole rings is 1. The molecule has 0 saturated carbocycles. The number of nitrogens with zero attached hydrogens (tertiary/aromatic N) is 4. The Morgan fingerprint density at radius 3 is 2.82 bits per heavy atom. The molecule has 0 atom stereocenters. The number of para-hydroxylation sites is 1. The van der Waals surface area contributed by atoms with E-state index in [0.29, 0.717) is 0 Å². The van der Waals surface area contributed by atoms with Crippen molar-refractivity contribution in [3.05, 3.63) is 64.4 Å². The van der Waals surface area contributed by atoms with Crippen LogP contribution in [0.5, 0.6) is 0 Å². The molecule has 0 fully saturated rings. The Labute approximate surface area is 134 Å². The molecule has 3 aromatic rings. The quantitative estimate of drug-likeness (QED) is 0.707. The molecule has 0 bridgehead atoms. The molecule has 3 rings (SSSR count). The van der Waals surface area contributed by atoms with Gasteiger partial charge < -0.3 is 9.13 Å². The van der Waals surface area contributed by atoms with Crippen LogP contribution in [-0.4, -0.2) is 14.1 Å². The first kappa shape index (κ1) is 14.8. The molecule has 0 N–H and O–H groups in total. The van der Waals surface area contributed by atoms with Gasteiger partial charge in [0.2, 0.25) is 0 Å². The largest absolute Gasteiger partial charge is 0.337 e. The fourth-order valence-corrected chi connectivity index (χ4v) is 3.31. The zero-order valence-electron chi connectivity index (χ0n) is 12.9. The van der Waals surface area contributed by atoms with Gasteiger partial charge in [-0.1, -0.05) is 18.2 Å². The Morgan fingerprint density at radius 2 is 2.05 bits per heavy atom. The molecule has 22 heavy (non-hydrogen) atoms. The third-order valence-corrected chi connectivity index (χ3v) is 4.66. The number of aromatic nitrogens is 3. The second-order valence-corrected chi connectivity index (χ2v) is 6.20. The van der Waals surface area contributed by atoms with Crippen LogP contribution in [0.2, 0.25) is 0 Å². The van der Waals surface area contributed by atoms with E-state index < -0.39 is 0 Å². The van der Waals surface area contributed by atoms with E-state index in [0.717, 1.165) is 30.0 Å². The lowest BCUT2D eigenvalue weighted by Gasteiger charge is -2.07. The Bertz CT molecular complexity index is 796. The predicted molar refractivity (Wildman–Crippen MR) is 90.3 cm³/mol. The van der Waals surface area contributed by atoms with Crippen molar-refractivity contribution < 1.29 is 0 Å². The number of rotatable bonds is 5. The fraction of sp³-hybridized carbons (Fsp3) is 0.294. The second kappa shape index (κ2) is 6.75. The van der Waals surface area contributed by atoms with E-state index >= 15 is 0 Å². The molecular weight excluding hydrogens is 292 g/mol. The number of hydrogen-bond donors (Lipinski definition) is 0. The van der Waals surface area contributed by atoms with Crippen molar-refractivity contribution in [2.45, 2.75) is 33.4 Å². The molecule has 2 heterocycles. The molecule has 0 amide bonds. The van der Waals surface area contributed by atoms with Crippen LogP contribution in [0.3, 0.4) is 0 Å². The van der Waals surface area contributed by atoms with E-state index in [-0.39, 0.29) is 0 Å². The molecular formula is C17H20N4S. The summed E-state index contributed by atoms with van der Waals surface area (Å²) in [5.74, 6) is 0. The standard InChI is InChI=1S/C17H20N4S/c1-14-6-3-4-7-16(14)19-17-21(15(2)12-22-17)10-5-9-20-11-8-18-13-20/h3-4,6-8,11-13H,5,9-10H2,1-2H3. The molecule has 4 nitrogen and oxygen atoms in total. The zero-order valence-corrected chi connectivity index (χ0v) is 13.8. The Morgan fingerprint density at radius 1 is 1.18 bits per heavy atom. The van der Waals surface area contributed by atoms with Crippen molar-refractivity contribution in [2.24, 2.45) is 4.99 Å². The highest BCUT2D eigenvalue weighted by Gasteiger charge is 2.03. The summed E-state index contributed by atoms with van der Waals surface area (Å²) >= 11 is 1.70. The third-order valence-electron chi connectivity index (χ3n) is 3.68. The fourth-order valence-electron chi connectivity index (χ4n) is 2.40. The average Bonchev–Trinajstić information content (AvgIpc) is 3.14. The summed E-state index contributed by atoms with van der Waals surface area (Å²) in [4.78, 5) is 9.98. The maximum absolute atomic E-state index is 4.84. The first-order chi connectivity index (χ1) is 10.7. The second-order valence-electron chi connectivity index (χ2n) is 5.36. The summed E-state index contributed by atoms with van der Waals surface area (Å²) in [5.41, 5.74) is 3.52. The van der Waals surface area contributed by atoms with Crippen LogP contribution in [0, 0.1) is 13.8 Å². The molecule has 0 aliphatic heterocycles. The van der Waals surface area contributed by atoms with Gasteiger partial charge in [-0.05, 0) is 31.9 Å². The van der Waals surface area contributed by atoms with Crippen LogP contribution in [0.1, 0.15) is 17.7 Å². The molecule has 2 aromatic heterocycles. The van der Waals surface area contributed by atoms with Crippen molar-refractivity contribution in [1.29, 1.82) is 0 Å². The Kier molecular flexibility index (Phi) is 4.53. The molecule has 1 aromatic carbocycles. The normalized spacial score (nSPS) is 12.0. The van der Waals surface area contributed by atoms with E-state index in [1.807, 2.05) is 30.9 Å². The molecule has 5 heteroatoms. The highest BCUT2D eigenvalue weighted by molar-refractivity contribution is 7.07. The summed E-state index contributed by atoms with van der Waals surface area (Å²) < 4.78 is 4.41. The van der Waals surface area contributed by atoms with Crippen LogP contribution < -0.4 is 4.80 Å². The SMILES string of the molecule is Cc1ccccc1N=c1scc(C)n1CCCn1ccnc1. The third kappa shape index (κ3) is 3.36. The van der Waals surface area contributed by atoms with Crippen molar-refractivity contribution in [1.82, 2.24) is 14.1 Å². The van der Waals surface area contributed by atoms with Crippen molar-refractivity contribution in [3.8, 4) is 0 Å². The van der Waals surface area contributed by atoms with Crippen molar-refractivity contribution >= 4 is 17.0 Å². The van der Waals surface area contributed by atoms with Crippen molar-refractivity contribution in [3.63, 3.8) is 0 Å². The summed E-state index contributed by atoms with van der Waals surface area (Å²) in [6, 6.07) is 8.26. The summed E-state index contributed by atoms with van der Waals surface area (Å²) in [6.45, 7) is 6.19. The van der Waals surface area contributed by atoms with Crippen LogP contribution in [0.25, 0.3) is 0 Å². The number of aryl methyl sites for hydroxylation is 3. The molecule has 114 valence electrons. The number of hydrogen-bond acceptors (Lipinski definition) is 3. The first-order valence-electron chi connectivity index (χ1n) is 7.45. The highest BCUT2D eigenvalue weighted by Crippen LogP contribution is 2.16. The van der Waals surface area contributed by atoms with Crippen LogP contribution in [0.4, 0.5) is 5.69 Å². The first-order valence-corrected chi connectivity index (χ1v) is 8.33. The van der Waals surface area contributed by atoms with E-state index in [1.54, 1.807) is 11.3 Å². The number of imidazole rings is 1. The van der Waals surface area contributed by atoms with Crippen LogP contribution in [0.15, 0.2) is 53.4 Å². The van der Waals surface area contributed by atoms with Gasteiger partial charge in [0.1, 0.15) is 0 Å². The van der Waals surface area contributed by atoms with E-state index in [1.165, 1.54) is 11.3 Å². The zero-order chi connectivity index (χ0) is 15.4. The molecule has 0 aliphatic carbocycles. The molecule has 0 unspecified atom stereocenters. The smallest absolute Gasteiger partial charge is 0.190 e. The number of benzene rings is 1. The van der Waals surface area contributed by atoms with Crippen LogP contribution in [-0.2, 0) is 13.1 Å². The van der Waals surface area contributed by atoms with Gasteiger partial charge in [-0.15, -0.1) is 11.3 Å². The Balaban J connectivity index is 1.80. The maximum Gasteiger partial charge on any atom is 0.190 e.